The van der Waals surface area contributed by atoms with Crippen molar-refractivity contribution in [1.82, 2.24) is 5.32 Å². The number of hydrogen-bond acceptors (Lipinski definition) is 4. The van der Waals surface area contributed by atoms with Gasteiger partial charge in [-0.3, -0.25) is 0 Å². The largest absolute Gasteiger partial charge is 0.478 e. The molecule has 0 spiro atoms. The van der Waals surface area contributed by atoms with Gasteiger partial charge in [0.25, 0.3) is 0 Å². The number of hydrogen-bond donors (Lipinski definition) is 1. The van der Waals surface area contributed by atoms with Crippen LogP contribution in [0.4, 0.5) is 0 Å². The molecule has 0 amide bonds. The Balaban J connectivity index is 2.88. The van der Waals surface area contributed by atoms with Crippen LogP contribution in [0.5, 0.6) is 5.75 Å². The minimum Gasteiger partial charge on any atom is -0.478 e. The molecule has 1 unspecified atom stereocenters. The lowest BCUT2D eigenvalue weighted by Crippen LogP contribution is -2.30. The molecule has 0 saturated heterocycles. The summed E-state index contributed by atoms with van der Waals surface area (Å²) in [4.78, 5) is 12.0. The average Bonchev–Trinajstić information content (AvgIpc) is 2.47. The standard InChI is InChI=1S/C16H24BrNO3/c1-4-7-15(16(19)20-6-3)21-14-9-8-13(17)10-12(14)11-18-5-2/h8-10,15,18H,4-7,11H2,1-3H3. The molecular formula is C16H24BrNO3. The van der Waals surface area contributed by atoms with Gasteiger partial charge in [-0.1, -0.05) is 36.2 Å². The lowest BCUT2D eigenvalue weighted by molar-refractivity contribution is -0.151. The zero-order chi connectivity index (χ0) is 15.7. The van der Waals surface area contributed by atoms with Crippen LogP contribution in [0.15, 0.2) is 22.7 Å². The van der Waals surface area contributed by atoms with Gasteiger partial charge in [-0.05, 0) is 38.1 Å². The van der Waals surface area contributed by atoms with E-state index in [9.17, 15) is 4.79 Å². The molecule has 1 atom stereocenters. The fraction of sp³-hybridized carbons (Fsp3) is 0.562. The van der Waals surface area contributed by atoms with Gasteiger partial charge in [-0.2, -0.15) is 0 Å². The van der Waals surface area contributed by atoms with Gasteiger partial charge in [0.2, 0.25) is 0 Å². The summed E-state index contributed by atoms with van der Waals surface area (Å²) in [5.74, 6) is 0.433. The fourth-order valence-corrected chi connectivity index (χ4v) is 2.34. The Morgan fingerprint density at radius 2 is 2.10 bits per heavy atom. The first kappa shape index (κ1) is 18.0. The number of carbonyl (C=O) groups is 1. The Hall–Kier alpha value is -1.07. The van der Waals surface area contributed by atoms with E-state index >= 15 is 0 Å². The van der Waals surface area contributed by atoms with E-state index in [1.807, 2.05) is 25.1 Å². The average molecular weight is 358 g/mol. The first-order valence-electron chi connectivity index (χ1n) is 7.44. The molecule has 0 fully saturated rings. The van der Waals surface area contributed by atoms with E-state index in [0.717, 1.165) is 28.8 Å². The van der Waals surface area contributed by atoms with E-state index in [2.05, 4.69) is 28.2 Å². The van der Waals surface area contributed by atoms with Crippen molar-refractivity contribution >= 4 is 21.9 Å². The predicted molar refractivity (Wildman–Crippen MR) is 87.5 cm³/mol. The first-order valence-corrected chi connectivity index (χ1v) is 8.24. The van der Waals surface area contributed by atoms with Gasteiger partial charge < -0.3 is 14.8 Å². The number of nitrogens with one attached hydrogen (secondary N) is 1. The van der Waals surface area contributed by atoms with Gasteiger partial charge in [0, 0.05) is 16.6 Å². The van der Waals surface area contributed by atoms with Crippen molar-refractivity contribution in [2.45, 2.75) is 46.3 Å². The number of carbonyl (C=O) groups excluding carboxylic acids is 1. The Kier molecular flexibility index (Phi) is 8.38. The Bertz CT molecular complexity index is 451. The quantitative estimate of drug-likeness (QED) is 0.685. The number of esters is 1. The third-order valence-corrected chi connectivity index (χ3v) is 3.45. The molecule has 4 nitrogen and oxygen atoms in total. The van der Waals surface area contributed by atoms with E-state index in [1.165, 1.54) is 0 Å². The van der Waals surface area contributed by atoms with Gasteiger partial charge in [0.15, 0.2) is 6.10 Å². The maximum absolute atomic E-state index is 12.0. The SMILES string of the molecule is CCCC(Oc1ccc(Br)cc1CNCC)C(=O)OCC. The molecule has 1 N–H and O–H groups in total. The molecule has 1 aromatic rings. The maximum atomic E-state index is 12.0. The zero-order valence-corrected chi connectivity index (χ0v) is 14.5. The minimum atomic E-state index is -0.545. The molecule has 1 aromatic carbocycles. The highest BCUT2D eigenvalue weighted by molar-refractivity contribution is 9.10. The van der Waals surface area contributed by atoms with Crippen molar-refractivity contribution < 1.29 is 14.3 Å². The Labute approximate surface area is 135 Å². The Morgan fingerprint density at radius 1 is 1.33 bits per heavy atom. The third-order valence-electron chi connectivity index (χ3n) is 2.96. The molecule has 0 bridgehead atoms. The molecule has 0 radical (unpaired) electrons. The highest BCUT2D eigenvalue weighted by Crippen LogP contribution is 2.25. The summed E-state index contributed by atoms with van der Waals surface area (Å²) in [5.41, 5.74) is 1.02. The van der Waals surface area contributed by atoms with Crippen molar-refractivity contribution in [2.75, 3.05) is 13.2 Å². The van der Waals surface area contributed by atoms with Crippen LogP contribution in [0.3, 0.4) is 0 Å². The second-order valence-corrected chi connectivity index (χ2v) is 5.60. The second kappa shape index (κ2) is 9.79. The molecule has 0 aliphatic rings. The number of halogens is 1. The summed E-state index contributed by atoms with van der Waals surface area (Å²) in [6, 6.07) is 5.81. The first-order chi connectivity index (χ1) is 10.1. The number of ether oxygens (including phenoxy) is 2. The van der Waals surface area contributed by atoms with Crippen molar-refractivity contribution in [1.29, 1.82) is 0 Å². The van der Waals surface area contributed by atoms with Crippen LogP contribution in [-0.2, 0) is 16.1 Å². The minimum absolute atomic E-state index is 0.295. The molecule has 0 aliphatic carbocycles. The van der Waals surface area contributed by atoms with Crippen LogP contribution in [0.25, 0.3) is 0 Å². The van der Waals surface area contributed by atoms with Gasteiger partial charge in [0.05, 0.1) is 6.61 Å². The summed E-state index contributed by atoms with van der Waals surface area (Å²) in [7, 11) is 0. The molecule has 0 aliphatic heterocycles. The van der Waals surface area contributed by atoms with E-state index in [1.54, 1.807) is 6.92 Å². The summed E-state index contributed by atoms with van der Waals surface area (Å²) in [6.45, 7) is 7.83. The smallest absolute Gasteiger partial charge is 0.347 e. The number of rotatable bonds is 9. The van der Waals surface area contributed by atoms with E-state index in [-0.39, 0.29) is 5.97 Å². The summed E-state index contributed by atoms with van der Waals surface area (Å²) in [6.07, 6.45) is 0.967. The van der Waals surface area contributed by atoms with Gasteiger partial charge >= 0.3 is 5.97 Å². The highest BCUT2D eigenvalue weighted by atomic mass is 79.9. The lowest BCUT2D eigenvalue weighted by atomic mass is 10.1. The van der Waals surface area contributed by atoms with Crippen LogP contribution in [0.1, 0.15) is 39.2 Å². The lowest BCUT2D eigenvalue weighted by Gasteiger charge is -2.19. The van der Waals surface area contributed by atoms with E-state index in [4.69, 9.17) is 9.47 Å². The van der Waals surface area contributed by atoms with Crippen LogP contribution < -0.4 is 10.1 Å². The molecule has 118 valence electrons. The molecule has 5 heteroatoms. The summed E-state index contributed by atoms with van der Waals surface area (Å²) >= 11 is 3.46. The molecule has 0 saturated carbocycles. The zero-order valence-electron chi connectivity index (χ0n) is 12.9. The molecule has 0 aromatic heterocycles. The topological polar surface area (TPSA) is 47.6 Å². The maximum Gasteiger partial charge on any atom is 0.347 e. The normalized spacial score (nSPS) is 12.0. The van der Waals surface area contributed by atoms with E-state index < -0.39 is 6.10 Å². The third kappa shape index (κ3) is 6.06. The van der Waals surface area contributed by atoms with Gasteiger partial charge in [0.1, 0.15) is 5.75 Å². The van der Waals surface area contributed by atoms with Gasteiger partial charge in [-0.15, -0.1) is 0 Å². The van der Waals surface area contributed by atoms with Crippen LogP contribution >= 0.6 is 15.9 Å². The van der Waals surface area contributed by atoms with E-state index in [0.29, 0.717) is 19.6 Å². The summed E-state index contributed by atoms with van der Waals surface area (Å²) in [5, 5.41) is 3.27. The fourth-order valence-electron chi connectivity index (χ4n) is 1.94. The Morgan fingerprint density at radius 3 is 2.71 bits per heavy atom. The highest BCUT2D eigenvalue weighted by Gasteiger charge is 2.22. The second-order valence-electron chi connectivity index (χ2n) is 4.68. The van der Waals surface area contributed by atoms with Crippen molar-refractivity contribution in [3.63, 3.8) is 0 Å². The predicted octanol–water partition coefficient (Wildman–Crippen LogP) is 3.67. The van der Waals surface area contributed by atoms with Crippen LogP contribution in [-0.4, -0.2) is 25.2 Å². The van der Waals surface area contributed by atoms with Crippen molar-refractivity contribution in [3.8, 4) is 5.75 Å². The van der Waals surface area contributed by atoms with Gasteiger partial charge in [-0.25, -0.2) is 4.79 Å². The summed E-state index contributed by atoms with van der Waals surface area (Å²) < 4.78 is 12.0. The van der Waals surface area contributed by atoms with Crippen molar-refractivity contribution in [3.05, 3.63) is 28.2 Å². The van der Waals surface area contributed by atoms with Crippen molar-refractivity contribution in [2.24, 2.45) is 0 Å². The number of benzene rings is 1. The molecular weight excluding hydrogens is 334 g/mol. The molecule has 21 heavy (non-hydrogen) atoms. The van der Waals surface area contributed by atoms with Crippen LogP contribution in [0.2, 0.25) is 0 Å². The monoisotopic (exact) mass is 357 g/mol. The molecule has 0 heterocycles. The van der Waals surface area contributed by atoms with Crippen LogP contribution in [0, 0.1) is 0 Å². The molecule has 1 rings (SSSR count).